The summed E-state index contributed by atoms with van der Waals surface area (Å²) in [4.78, 5) is 11.7. The van der Waals surface area contributed by atoms with Crippen LogP contribution in [0.3, 0.4) is 0 Å². The summed E-state index contributed by atoms with van der Waals surface area (Å²) in [5, 5.41) is 2.95. The average molecular weight is 312 g/mol. The number of hydrogen-bond acceptors (Lipinski definition) is 2. The van der Waals surface area contributed by atoms with Gasteiger partial charge in [0.15, 0.2) is 0 Å². The summed E-state index contributed by atoms with van der Waals surface area (Å²) in [5.74, 6) is -0.186. The van der Waals surface area contributed by atoms with Gasteiger partial charge in [0.05, 0.1) is 6.61 Å². The molecule has 1 aromatic carbocycles. The maximum absolute atomic E-state index is 11.7. The predicted octanol–water partition coefficient (Wildman–Crippen LogP) is 4.31. The van der Waals surface area contributed by atoms with Gasteiger partial charge in [0.25, 0.3) is 0 Å². The van der Waals surface area contributed by atoms with E-state index in [2.05, 4.69) is 38.2 Å². The molecule has 1 aromatic rings. The summed E-state index contributed by atoms with van der Waals surface area (Å²) >= 11 is 5.61. The molecule has 0 unspecified atom stereocenters. The van der Waals surface area contributed by atoms with Gasteiger partial charge in [0.1, 0.15) is 5.88 Å². The molecule has 0 bridgehead atoms. The van der Waals surface area contributed by atoms with E-state index in [-0.39, 0.29) is 11.8 Å². The standard InChI is InChI=1S/C17H26ClNO2/c1-4-7-10-21-12-14-9-8-13(5-2)17(15(14)6-3)19-16(20)11-18/h8-9H,4-7,10-12H2,1-3H3,(H,19,20). The van der Waals surface area contributed by atoms with E-state index in [4.69, 9.17) is 16.3 Å². The predicted molar refractivity (Wildman–Crippen MR) is 89.1 cm³/mol. The number of carbonyl (C=O) groups is 1. The van der Waals surface area contributed by atoms with E-state index in [1.54, 1.807) is 0 Å². The van der Waals surface area contributed by atoms with Gasteiger partial charge in [0.2, 0.25) is 5.91 Å². The molecule has 118 valence electrons. The van der Waals surface area contributed by atoms with Crippen LogP contribution in [0.4, 0.5) is 5.69 Å². The Morgan fingerprint density at radius 2 is 1.90 bits per heavy atom. The molecule has 0 radical (unpaired) electrons. The number of benzene rings is 1. The number of amides is 1. The van der Waals surface area contributed by atoms with Crippen molar-refractivity contribution in [1.29, 1.82) is 0 Å². The van der Waals surface area contributed by atoms with E-state index in [1.807, 2.05) is 0 Å². The number of rotatable bonds is 9. The van der Waals surface area contributed by atoms with E-state index in [9.17, 15) is 4.79 Å². The van der Waals surface area contributed by atoms with Crippen LogP contribution < -0.4 is 5.32 Å². The molecule has 0 saturated carbocycles. The van der Waals surface area contributed by atoms with E-state index in [1.165, 1.54) is 0 Å². The van der Waals surface area contributed by atoms with Crippen molar-refractivity contribution in [1.82, 2.24) is 0 Å². The van der Waals surface area contributed by atoms with Gasteiger partial charge < -0.3 is 10.1 Å². The zero-order valence-electron chi connectivity index (χ0n) is 13.3. The second-order valence-electron chi connectivity index (χ2n) is 5.03. The van der Waals surface area contributed by atoms with Gasteiger partial charge in [-0.15, -0.1) is 11.6 Å². The summed E-state index contributed by atoms with van der Waals surface area (Å²) in [6.45, 7) is 7.70. The zero-order chi connectivity index (χ0) is 15.7. The molecule has 21 heavy (non-hydrogen) atoms. The van der Waals surface area contributed by atoms with E-state index >= 15 is 0 Å². The first-order valence-electron chi connectivity index (χ1n) is 7.74. The summed E-state index contributed by atoms with van der Waals surface area (Å²) < 4.78 is 5.72. The minimum Gasteiger partial charge on any atom is -0.377 e. The second-order valence-corrected chi connectivity index (χ2v) is 5.30. The number of halogens is 1. The Morgan fingerprint density at radius 3 is 2.48 bits per heavy atom. The van der Waals surface area contributed by atoms with Gasteiger partial charge in [-0.05, 0) is 36.0 Å². The minimum absolute atomic E-state index is 0.0243. The summed E-state index contributed by atoms with van der Waals surface area (Å²) in [7, 11) is 0. The van der Waals surface area contributed by atoms with Crippen molar-refractivity contribution in [3.63, 3.8) is 0 Å². The lowest BCUT2D eigenvalue weighted by atomic mass is 9.97. The van der Waals surface area contributed by atoms with Crippen LogP contribution in [0, 0.1) is 0 Å². The van der Waals surface area contributed by atoms with Crippen molar-refractivity contribution in [2.75, 3.05) is 17.8 Å². The molecule has 0 aliphatic heterocycles. The Balaban J connectivity index is 2.98. The molecule has 0 fully saturated rings. The van der Waals surface area contributed by atoms with Crippen molar-refractivity contribution < 1.29 is 9.53 Å². The number of unbranched alkanes of at least 4 members (excludes halogenated alkanes) is 1. The number of alkyl halides is 1. The smallest absolute Gasteiger partial charge is 0.239 e. The van der Waals surface area contributed by atoms with Crippen molar-refractivity contribution in [3.05, 3.63) is 28.8 Å². The van der Waals surface area contributed by atoms with Crippen molar-refractivity contribution in [2.24, 2.45) is 0 Å². The Morgan fingerprint density at radius 1 is 1.19 bits per heavy atom. The Hall–Kier alpha value is -1.06. The fraction of sp³-hybridized carbons (Fsp3) is 0.588. The highest BCUT2D eigenvalue weighted by Gasteiger charge is 2.13. The SMILES string of the molecule is CCCCOCc1ccc(CC)c(NC(=O)CCl)c1CC. The van der Waals surface area contributed by atoms with Crippen LogP contribution in [0.5, 0.6) is 0 Å². The fourth-order valence-electron chi connectivity index (χ4n) is 2.33. The first kappa shape index (κ1) is 18.0. The van der Waals surface area contributed by atoms with Gasteiger partial charge in [-0.2, -0.15) is 0 Å². The molecule has 0 atom stereocenters. The normalized spacial score (nSPS) is 10.7. The quantitative estimate of drug-likeness (QED) is 0.545. The number of hydrogen-bond donors (Lipinski definition) is 1. The topological polar surface area (TPSA) is 38.3 Å². The van der Waals surface area contributed by atoms with Crippen LogP contribution in [-0.2, 0) is 29.0 Å². The lowest BCUT2D eigenvalue weighted by Gasteiger charge is -2.18. The lowest BCUT2D eigenvalue weighted by Crippen LogP contribution is -2.16. The van der Waals surface area contributed by atoms with Gasteiger partial charge in [-0.3, -0.25) is 4.79 Å². The van der Waals surface area contributed by atoms with Crippen LogP contribution in [-0.4, -0.2) is 18.4 Å². The molecule has 4 heteroatoms. The van der Waals surface area contributed by atoms with Gasteiger partial charge in [0, 0.05) is 12.3 Å². The van der Waals surface area contributed by atoms with Crippen LogP contribution in [0.1, 0.15) is 50.3 Å². The molecule has 1 N–H and O–H groups in total. The highest BCUT2D eigenvalue weighted by Crippen LogP contribution is 2.27. The van der Waals surface area contributed by atoms with Crippen molar-refractivity contribution >= 4 is 23.2 Å². The Kier molecular flexibility index (Phi) is 8.40. The minimum atomic E-state index is -0.162. The van der Waals surface area contributed by atoms with E-state index in [0.29, 0.717) is 6.61 Å². The molecule has 0 aliphatic rings. The Labute approximate surface area is 133 Å². The van der Waals surface area contributed by atoms with Crippen LogP contribution in [0.15, 0.2) is 12.1 Å². The molecule has 0 aromatic heterocycles. The zero-order valence-corrected chi connectivity index (χ0v) is 14.1. The van der Waals surface area contributed by atoms with Crippen LogP contribution in [0.2, 0.25) is 0 Å². The van der Waals surface area contributed by atoms with Gasteiger partial charge >= 0.3 is 0 Å². The fourth-order valence-corrected chi connectivity index (χ4v) is 2.40. The molecule has 0 aliphatic carbocycles. The number of carbonyl (C=O) groups excluding carboxylic acids is 1. The summed E-state index contributed by atoms with van der Waals surface area (Å²) in [6, 6.07) is 4.18. The van der Waals surface area contributed by atoms with E-state index < -0.39 is 0 Å². The molecule has 0 heterocycles. The number of aryl methyl sites for hydroxylation is 1. The summed E-state index contributed by atoms with van der Waals surface area (Å²) in [6.07, 6.45) is 3.94. The Bertz CT molecular complexity index is 460. The summed E-state index contributed by atoms with van der Waals surface area (Å²) in [5.41, 5.74) is 4.37. The molecule has 3 nitrogen and oxygen atoms in total. The van der Waals surface area contributed by atoms with Crippen LogP contribution >= 0.6 is 11.6 Å². The highest BCUT2D eigenvalue weighted by atomic mass is 35.5. The first-order valence-corrected chi connectivity index (χ1v) is 8.28. The third-order valence-electron chi connectivity index (χ3n) is 3.52. The monoisotopic (exact) mass is 311 g/mol. The third-order valence-corrected chi connectivity index (χ3v) is 3.76. The number of anilines is 1. The molecule has 1 rings (SSSR count). The van der Waals surface area contributed by atoms with Gasteiger partial charge in [-0.25, -0.2) is 0 Å². The van der Waals surface area contributed by atoms with E-state index in [0.717, 1.165) is 54.7 Å². The maximum atomic E-state index is 11.7. The largest absolute Gasteiger partial charge is 0.377 e. The second kappa shape index (κ2) is 9.80. The van der Waals surface area contributed by atoms with Crippen molar-refractivity contribution in [3.8, 4) is 0 Å². The van der Waals surface area contributed by atoms with Crippen molar-refractivity contribution in [2.45, 2.75) is 53.1 Å². The molecular formula is C17H26ClNO2. The number of ether oxygens (including phenoxy) is 1. The van der Waals surface area contributed by atoms with Gasteiger partial charge in [-0.1, -0.05) is 39.3 Å². The third kappa shape index (κ3) is 5.33. The number of nitrogens with one attached hydrogen (secondary N) is 1. The average Bonchev–Trinajstić information content (AvgIpc) is 2.51. The highest BCUT2D eigenvalue weighted by molar-refractivity contribution is 6.29. The molecule has 0 saturated heterocycles. The molecule has 1 amide bonds. The van der Waals surface area contributed by atoms with Crippen LogP contribution in [0.25, 0.3) is 0 Å². The molecular weight excluding hydrogens is 286 g/mol. The first-order chi connectivity index (χ1) is 10.2. The molecule has 0 spiro atoms. The maximum Gasteiger partial charge on any atom is 0.239 e. The lowest BCUT2D eigenvalue weighted by molar-refractivity contribution is -0.113.